The predicted molar refractivity (Wildman–Crippen MR) is 77.5 cm³/mol. The van der Waals surface area contributed by atoms with Crippen molar-refractivity contribution in [1.29, 1.82) is 5.26 Å². The van der Waals surface area contributed by atoms with Crippen molar-refractivity contribution in [3.63, 3.8) is 0 Å². The Morgan fingerprint density at radius 3 is 3.00 bits per heavy atom. The van der Waals surface area contributed by atoms with Crippen LogP contribution in [-0.2, 0) is 0 Å². The minimum absolute atomic E-state index is 0.228. The normalized spacial score (nSPS) is 20.6. The average Bonchev–Trinajstić information content (AvgIpc) is 2.93. The number of β-amino-alcohol motifs (C(OH)–C–C–N with tert-alkyl or cyclic N) is 1. The van der Waals surface area contributed by atoms with Crippen LogP contribution in [0.2, 0.25) is 0 Å². The molecular formula is C16H22N2O2. The van der Waals surface area contributed by atoms with Crippen LogP contribution >= 0.6 is 0 Å². The molecule has 1 aliphatic heterocycles. The summed E-state index contributed by atoms with van der Waals surface area (Å²) in [7, 11) is 0. The number of para-hydroxylation sites is 1. The molecule has 1 N–H and O–H groups in total. The smallest absolute Gasteiger partial charge is 0.137 e. The lowest BCUT2D eigenvalue weighted by Crippen LogP contribution is -2.34. The van der Waals surface area contributed by atoms with Gasteiger partial charge >= 0.3 is 0 Å². The zero-order chi connectivity index (χ0) is 14.4. The third kappa shape index (κ3) is 3.96. The molecule has 0 radical (unpaired) electrons. The van der Waals surface area contributed by atoms with Crippen LogP contribution in [0.1, 0.15) is 25.3 Å². The number of hydrogen-bond acceptors (Lipinski definition) is 4. The Hall–Kier alpha value is -1.57. The number of ether oxygens (including phenoxy) is 1. The summed E-state index contributed by atoms with van der Waals surface area (Å²) in [6.45, 7) is 5.22. The van der Waals surface area contributed by atoms with Crippen molar-refractivity contribution < 1.29 is 9.84 Å². The van der Waals surface area contributed by atoms with Gasteiger partial charge in [-0.3, -0.25) is 0 Å². The molecule has 20 heavy (non-hydrogen) atoms. The van der Waals surface area contributed by atoms with Gasteiger partial charge in [-0.25, -0.2) is 0 Å². The molecule has 0 aromatic heterocycles. The largest absolute Gasteiger partial charge is 0.489 e. The maximum Gasteiger partial charge on any atom is 0.137 e. The lowest BCUT2D eigenvalue weighted by Gasteiger charge is -2.20. The quantitative estimate of drug-likeness (QED) is 0.862. The molecule has 1 fully saturated rings. The molecule has 2 rings (SSSR count). The second-order valence-corrected chi connectivity index (χ2v) is 5.40. The van der Waals surface area contributed by atoms with E-state index in [4.69, 9.17) is 10.00 Å². The van der Waals surface area contributed by atoms with Crippen molar-refractivity contribution in [2.45, 2.75) is 25.9 Å². The third-order valence-electron chi connectivity index (χ3n) is 3.86. The Kier molecular flexibility index (Phi) is 5.40. The lowest BCUT2D eigenvalue weighted by molar-refractivity contribution is 0.0745. The number of aliphatic hydroxyl groups excluding tert-OH is 1. The van der Waals surface area contributed by atoms with Gasteiger partial charge in [0.1, 0.15) is 24.5 Å². The standard InChI is InChI=1S/C16H22N2O2/c1-2-13-7-8-18(10-13)11-15(19)12-20-16-6-4-3-5-14(16)9-17/h3-6,13,15,19H,2,7-8,10-12H2,1H3. The minimum Gasteiger partial charge on any atom is -0.489 e. The Balaban J connectivity index is 1.78. The molecular weight excluding hydrogens is 252 g/mol. The summed E-state index contributed by atoms with van der Waals surface area (Å²) in [6, 6.07) is 9.19. The van der Waals surface area contributed by atoms with Crippen molar-refractivity contribution in [2.24, 2.45) is 5.92 Å². The minimum atomic E-state index is -0.516. The van der Waals surface area contributed by atoms with E-state index in [9.17, 15) is 5.11 Å². The summed E-state index contributed by atoms with van der Waals surface area (Å²) in [5.41, 5.74) is 0.506. The Labute approximate surface area is 120 Å². The number of hydrogen-bond donors (Lipinski definition) is 1. The van der Waals surface area contributed by atoms with Gasteiger partial charge in [0.05, 0.1) is 5.56 Å². The maximum absolute atomic E-state index is 10.0. The van der Waals surface area contributed by atoms with Crippen LogP contribution in [0.25, 0.3) is 0 Å². The van der Waals surface area contributed by atoms with Crippen molar-refractivity contribution in [1.82, 2.24) is 4.90 Å². The number of likely N-dealkylation sites (tertiary alicyclic amines) is 1. The van der Waals surface area contributed by atoms with Crippen molar-refractivity contribution in [2.75, 3.05) is 26.2 Å². The summed E-state index contributed by atoms with van der Waals surface area (Å²) < 4.78 is 5.55. The van der Waals surface area contributed by atoms with E-state index in [0.717, 1.165) is 19.0 Å². The second-order valence-electron chi connectivity index (χ2n) is 5.40. The van der Waals surface area contributed by atoms with E-state index in [-0.39, 0.29) is 6.61 Å². The molecule has 108 valence electrons. The third-order valence-corrected chi connectivity index (χ3v) is 3.86. The zero-order valence-corrected chi connectivity index (χ0v) is 12.0. The van der Waals surface area contributed by atoms with Crippen LogP contribution in [0.15, 0.2) is 24.3 Å². The van der Waals surface area contributed by atoms with E-state index in [1.54, 1.807) is 18.2 Å². The van der Waals surface area contributed by atoms with Crippen LogP contribution < -0.4 is 4.74 Å². The fraction of sp³-hybridized carbons (Fsp3) is 0.562. The number of nitriles is 1. The fourth-order valence-electron chi connectivity index (χ4n) is 2.63. The van der Waals surface area contributed by atoms with Gasteiger partial charge in [-0.2, -0.15) is 5.26 Å². The first-order valence-electron chi connectivity index (χ1n) is 7.25. The molecule has 1 aromatic carbocycles. The lowest BCUT2D eigenvalue weighted by atomic mass is 10.1. The first-order valence-corrected chi connectivity index (χ1v) is 7.25. The Bertz CT molecular complexity index is 470. The highest BCUT2D eigenvalue weighted by molar-refractivity contribution is 5.42. The number of aliphatic hydroxyl groups is 1. The molecule has 0 bridgehead atoms. The summed E-state index contributed by atoms with van der Waals surface area (Å²) >= 11 is 0. The predicted octanol–water partition coefficient (Wildman–Crippen LogP) is 2.03. The summed E-state index contributed by atoms with van der Waals surface area (Å²) in [4.78, 5) is 2.29. The summed E-state index contributed by atoms with van der Waals surface area (Å²) in [5, 5.41) is 19.0. The van der Waals surface area contributed by atoms with Gasteiger partial charge in [-0.05, 0) is 31.0 Å². The molecule has 1 heterocycles. The van der Waals surface area contributed by atoms with Gasteiger partial charge in [-0.15, -0.1) is 0 Å². The van der Waals surface area contributed by atoms with E-state index in [2.05, 4.69) is 17.9 Å². The van der Waals surface area contributed by atoms with Crippen molar-refractivity contribution in [3.8, 4) is 11.8 Å². The molecule has 0 saturated carbocycles. The Morgan fingerprint density at radius 1 is 1.50 bits per heavy atom. The highest BCUT2D eigenvalue weighted by atomic mass is 16.5. The average molecular weight is 274 g/mol. The molecule has 1 aromatic rings. The van der Waals surface area contributed by atoms with Gasteiger partial charge < -0.3 is 14.7 Å². The van der Waals surface area contributed by atoms with Crippen LogP contribution in [-0.4, -0.2) is 42.4 Å². The zero-order valence-electron chi connectivity index (χ0n) is 12.0. The Morgan fingerprint density at radius 2 is 2.30 bits per heavy atom. The molecule has 1 aliphatic rings. The van der Waals surface area contributed by atoms with Gasteiger partial charge in [0.25, 0.3) is 0 Å². The van der Waals surface area contributed by atoms with Crippen molar-refractivity contribution in [3.05, 3.63) is 29.8 Å². The molecule has 4 nitrogen and oxygen atoms in total. The maximum atomic E-state index is 10.0. The van der Waals surface area contributed by atoms with E-state index in [0.29, 0.717) is 17.9 Å². The summed E-state index contributed by atoms with van der Waals surface area (Å²) in [5.74, 6) is 1.31. The summed E-state index contributed by atoms with van der Waals surface area (Å²) in [6.07, 6.45) is 1.91. The van der Waals surface area contributed by atoms with E-state index >= 15 is 0 Å². The molecule has 0 aliphatic carbocycles. The molecule has 0 amide bonds. The molecule has 2 atom stereocenters. The first kappa shape index (κ1) is 14.8. The highest BCUT2D eigenvalue weighted by Crippen LogP contribution is 2.20. The second kappa shape index (κ2) is 7.28. The van der Waals surface area contributed by atoms with Gasteiger partial charge in [0.15, 0.2) is 0 Å². The van der Waals surface area contributed by atoms with Crippen LogP contribution in [0.3, 0.4) is 0 Å². The van der Waals surface area contributed by atoms with Crippen LogP contribution in [0, 0.1) is 17.2 Å². The topological polar surface area (TPSA) is 56.5 Å². The monoisotopic (exact) mass is 274 g/mol. The molecule has 0 spiro atoms. The fourth-order valence-corrected chi connectivity index (χ4v) is 2.63. The highest BCUT2D eigenvalue weighted by Gasteiger charge is 2.22. The molecule has 2 unspecified atom stereocenters. The number of rotatable bonds is 6. The first-order chi connectivity index (χ1) is 9.72. The van der Waals surface area contributed by atoms with Crippen LogP contribution in [0.4, 0.5) is 0 Å². The van der Waals surface area contributed by atoms with Crippen molar-refractivity contribution >= 4 is 0 Å². The van der Waals surface area contributed by atoms with E-state index < -0.39 is 6.10 Å². The van der Waals surface area contributed by atoms with Gasteiger partial charge in [0, 0.05) is 13.1 Å². The van der Waals surface area contributed by atoms with E-state index in [1.807, 2.05) is 6.07 Å². The van der Waals surface area contributed by atoms with Crippen LogP contribution in [0.5, 0.6) is 5.75 Å². The van der Waals surface area contributed by atoms with Gasteiger partial charge in [0.2, 0.25) is 0 Å². The SMILES string of the molecule is CCC1CCN(CC(O)COc2ccccc2C#N)C1. The number of benzene rings is 1. The van der Waals surface area contributed by atoms with E-state index in [1.165, 1.54) is 12.8 Å². The molecule has 1 saturated heterocycles. The number of nitrogens with zero attached hydrogens (tertiary/aromatic N) is 2. The molecule has 4 heteroatoms. The van der Waals surface area contributed by atoms with Gasteiger partial charge in [-0.1, -0.05) is 25.5 Å².